The molecule has 20 heavy (non-hydrogen) atoms. The van der Waals surface area contributed by atoms with E-state index in [2.05, 4.69) is 42.2 Å². The Balaban J connectivity index is 2.39. The summed E-state index contributed by atoms with van der Waals surface area (Å²) in [5.74, 6) is 0.830. The Bertz CT molecular complexity index is 611. The van der Waals surface area contributed by atoms with Crippen molar-refractivity contribution in [1.82, 2.24) is 20.1 Å². The van der Waals surface area contributed by atoms with Gasteiger partial charge in [0.2, 0.25) is 0 Å². The summed E-state index contributed by atoms with van der Waals surface area (Å²) >= 11 is 6.22. The fourth-order valence-corrected chi connectivity index (χ4v) is 2.07. The smallest absolute Gasteiger partial charge is 0.158 e. The maximum Gasteiger partial charge on any atom is 0.158 e. The van der Waals surface area contributed by atoms with Gasteiger partial charge in [0.25, 0.3) is 0 Å². The molecule has 0 aromatic carbocycles. The number of nitrogens with one attached hydrogen (secondary N) is 1. The summed E-state index contributed by atoms with van der Waals surface area (Å²) in [6.07, 6.45) is 1.78. The summed E-state index contributed by atoms with van der Waals surface area (Å²) < 4.78 is 1.82. The molecule has 0 fully saturated rings. The third kappa shape index (κ3) is 3.19. The molecule has 5 heteroatoms. The highest BCUT2D eigenvalue weighted by molar-refractivity contribution is 6.31. The van der Waals surface area contributed by atoms with E-state index in [4.69, 9.17) is 11.6 Å². The van der Waals surface area contributed by atoms with Crippen LogP contribution >= 0.6 is 11.6 Å². The Hall–Kier alpha value is -1.39. The predicted molar refractivity (Wildman–Crippen MR) is 82.4 cm³/mol. The first-order valence-electron chi connectivity index (χ1n) is 6.70. The van der Waals surface area contributed by atoms with Gasteiger partial charge in [-0.25, -0.2) is 9.67 Å². The molecule has 0 saturated heterocycles. The monoisotopic (exact) mass is 292 g/mol. The van der Waals surface area contributed by atoms with Crippen LogP contribution in [-0.2, 0) is 6.54 Å². The molecule has 108 valence electrons. The molecule has 2 aromatic heterocycles. The minimum atomic E-state index is 0.0554. The second-order valence-electron chi connectivity index (χ2n) is 5.99. The molecule has 0 unspecified atom stereocenters. The molecular formula is C15H21ClN4. The number of aryl methyl sites for hydroxylation is 1. The largest absolute Gasteiger partial charge is 0.308 e. The summed E-state index contributed by atoms with van der Waals surface area (Å²) in [4.78, 5) is 4.47. The van der Waals surface area contributed by atoms with Crippen molar-refractivity contribution in [3.63, 3.8) is 0 Å². The van der Waals surface area contributed by atoms with Crippen molar-refractivity contribution >= 4 is 11.6 Å². The van der Waals surface area contributed by atoms with Gasteiger partial charge in [-0.05, 0) is 40.7 Å². The van der Waals surface area contributed by atoms with E-state index in [1.54, 1.807) is 6.20 Å². The lowest BCUT2D eigenvalue weighted by molar-refractivity contribution is 0.423. The lowest BCUT2D eigenvalue weighted by atomic mass is 10.1. The second-order valence-corrected chi connectivity index (χ2v) is 6.36. The third-order valence-electron chi connectivity index (χ3n) is 3.08. The Kier molecular flexibility index (Phi) is 4.16. The van der Waals surface area contributed by atoms with Crippen LogP contribution in [0.3, 0.4) is 0 Å². The third-order valence-corrected chi connectivity index (χ3v) is 3.63. The molecule has 0 bridgehead atoms. The first-order valence-corrected chi connectivity index (χ1v) is 7.08. The van der Waals surface area contributed by atoms with E-state index >= 15 is 0 Å². The quantitative estimate of drug-likeness (QED) is 0.942. The molecule has 2 rings (SSSR count). The van der Waals surface area contributed by atoms with Gasteiger partial charge < -0.3 is 5.32 Å². The zero-order chi connectivity index (χ0) is 14.9. The van der Waals surface area contributed by atoms with Crippen molar-refractivity contribution < 1.29 is 0 Å². The number of hydrogen-bond acceptors (Lipinski definition) is 3. The standard InChI is InChI=1S/C15H21ClN4/c1-10-13(16)11(2)20(19-10)14-12(7-6-8-17-14)9-18-15(3,4)5/h6-8,18H,9H2,1-5H3. The predicted octanol–water partition coefficient (Wildman–Crippen LogP) is 3.43. The molecule has 2 aromatic rings. The van der Waals surface area contributed by atoms with E-state index in [0.29, 0.717) is 5.02 Å². The Labute approximate surface area is 125 Å². The highest BCUT2D eigenvalue weighted by atomic mass is 35.5. The van der Waals surface area contributed by atoms with Crippen molar-refractivity contribution in [3.05, 3.63) is 40.3 Å². The summed E-state index contributed by atoms with van der Waals surface area (Å²) in [6, 6.07) is 4.00. The van der Waals surface area contributed by atoms with Gasteiger partial charge in [-0.3, -0.25) is 0 Å². The summed E-state index contributed by atoms with van der Waals surface area (Å²) in [6.45, 7) is 11.0. The molecule has 0 spiro atoms. The Morgan fingerprint density at radius 3 is 2.55 bits per heavy atom. The van der Waals surface area contributed by atoms with E-state index < -0.39 is 0 Å². The van der Waals surface area contributed by atoms with Gasteiger partial charge in [0.1, 0.15) is 0 Å². The minimum Gasteiger partial charge on any atom is -0.308 e. The normalized spacial score (nSPS) is 11.9. The number of aromatic nitrogens is 3. The van der Waals surface area contributed by atoms with Gasteiger partial charge in [-0.15, -0.1) is 0 Å². The first-order chi connectivity index (χ1) is 9.29. The lowest BCUT2D eigenvalue weighted by Crippen LogP contribution is -2.35. The van der Waals surface area contributed by atoms with Gasteiger partial charge in [0, 0.05) is 23.8 Å². The molecule has 0 amide bonds. The topological polar surface area (TPSA) is 42.7 Å². The van der Waals surface area contributed by atoms with Crippen molar-refractivity contribution in [3.8, 4) is 5.82 Å². The van der Waals surface area contributed by atoms with E-state index in [1.807, 2.05) is 24.6 Å². The fraction of sp³-hybridized carbons (Fsp3) is 0.467. The van der Waals surface area contributed by atoms with Crippen LogP contribution < -0.4 is 5.32 Å². The van der Waals surface area contributed by atoms with Crippen LogP contribution in [0, 0.1) is 13.8 Å². The van der Waals surface area contributed by atoms with Gasteiger partial charge >= 0.3 is 0 Å². The number of rotatable bonds is 3. The maximum absolute atomic E-state index is 6.22. The van der Waals surface area contributed by atoms with Crippen LogP contribution in [-0.4, -0.2) is 20.3 Å². The first kappa shape index (κ1) is 15.0. The average molecular weight is 293 g/mol. The molecule has 0 saturated carbocycles. The summed E-state index contributed by atoms with van der Waals surface area (Å²) in [5, 5.41) is 8.65. The number of pyridine rings is 1. The van der Waals surface area contributed by atoms with Crippen molar-refractivity contribution in [2.75, 3.05) is 0 Å². The molecule has 0 aliphatic rings. The van der Waals surface area contributed by atoms with Crippen molar-refractivity contribution in [1.29, 1.82) is 0 Å². The molecule has 0 aliphatic carbocycles. The van der Waals surface area contributed by atoms with Crippen LogP contribution in [0.25, 0.3) is 5.82 Å². The Morgan fingerprint density at radius 1 is 1.30 bits per heavy atom. The van der Waals surface area contributed by atoms with Crippen LogP contribution in [0.5, 0.6) is 0 Å². The van der Waals surface area contributed by atoms with Gasteiger partial charge in [0.05, 0.1) is 16.4 Å². The second kappa shape index (κ2) is 5.54. The Morgan fingerprint density at radius 2 is 2.00 bits per heavy atom. The van der Waals surface area contributed by atoms with Crippen molar-refractivity contribution in [2.45, 2.75) is 46.7 Å². The van der Waals surface area contributed by atoms with Crippen LogP contribution in [0.15, 0.2) is 18.3 Å². The maximum atomic E-state index is 6.22. The van der Waals surface area contributed by atoms with E-state index in [0.717, 1.165) is 29.3 Å². The van der Waals surface area contributed by atoms with E-state index in [9.17, 15) is 0 Å². The average Bonchev–Trinajstić information content (AvgIpc) is 2.64. The minimum absolute atomic E-state index is 0.0554. The van der Waals surface area contributed by atoms with E-state index in [-0.39, 0.29) is 5.54 Å². The highest BCUT2D eigenvalue weighted by Crippen LogP contribution is 2.23. The van der Waals surface area contributed by atoms with Crippen molar-refractivity contribution in [2.24, 2.45) is 0 Å². The lowest BCUT2D eigenvalue weighted by Gasteiger charge is -2.21. The van der Waals surface area contributed by atoms with Crippen LogP contribution in [0.4, 0.5) is 0 Å². The number of nitrogens with zero attached hydrogens (tertiary/aromatic N) is 3. The molecule has 0 aliphatic heterocycles. The van der Waals surface area contributed by atoms with Gasteiger partial charge in [-0.1, -0.05) is 17.7 Å². The molecule has 1 N–H and O–H groups in total. The van der Waals surface area contributed by atoms with E-state index in [1.165, 1.54) is 0 Å². The zero-order valence-corrected chi connectivity index (χ0v) is 13.4. The number of hydrogen-bond donors (Lipinski definition) is 1. The summed E-state index contributed by atoms with van der Waals surface area (Å²) in [5.41, 5.74) is 2.90. The molecule has 0 radical (unpaired) electrons. The van der Waals surface area contributed by atoms with Gasteiger partial charge in [0.15, 0.2) is 5.82 Å². The zero-order valence-electron chi connectivity index (χ0n) is 12.7. The summed E-state index contributed by atoms with van der Waals surface area (Å²) in [7, 11) is 0. The molecule has 4 nitrogen and oxygen atoms in total. The number of halogens is 1. The molecule has 0 atom stereocenters. The van der Waals surface area contributed by atoms with Crippen LogP contribution in [0.2, 0.25) is 5.02 Å². The van der Waals surface area contributed by atoms with Crippen LogP contribution in [0.1, 0.15) is 37.7 Å². The molecular weight excluding hydrogens is 272 g/mol. The molecule has 2 heterocycles. The SMILES string of the molecule is Cc1nn(-c2ncccc2CNC(C)(C)C)c(C)c1Cl. The van der Waals surface area contributed by atoms with Gasteiger partial charge in [-0.2, -0.15) is 5.10 Å². The highest BCUT2D eigenvalue weighted by Gasteiger charge is 2.16. The fourth-order valence-electron chi connectivity index (χ4n) is 1.95.